The van der Waals surface area contributed by atoms with E-state index in [1.165, 1.54) is 50.8 Å². The van der Waals surface area contributed by atoms with Crippen molar-refractivity contribution < 1.29 is 9.53 Å². The number of methoxy groups -OCH3 is 1. The highest BCUT2D eigenvalue weighted by molar-refractivity contribution is 5.98. The minimum Gasteiger partial charge on any atom is -0.495 e. The van der Waals surface area contributed by atoms with Gasteiger partial charge in [0.2, 0.25) is 5.91 Å². The van der Waals surface area contributed by atoms with Gasteiger partial charge in [-0.1, -0.05) is 19.1 Å². The molecule has 1 aromatic rings. The fraction of sp³-hybridized carbons (Fsp3) is 0.682. The molecule has 0 unspecified atom stereocenters. The summed E-state index contributed by atoms with van der Waals surface area (Å²) in [6.07, 6.45) is 7.47. The lowest BCUT2D eigenvalue weighted by Crippen LogP contribution is -2.65. The molecule has 1 amide bonds. The zero-order valence-electron chi connectivity index (χ0n) is 16.3. The highest BCUT2D eigenvalue weighted by atomic mass is 16.5. The van der Waals surface area contributed by atoms with E-state index in [2.05, 4.69) is 28.9 Å². The van der Waals surface area contributed by atoms with Crippen LogP contribution in [-0.2, 0) is 10.2 Å². The minimum atomic E-state index is 0.0875. The van der Waals surface area contributed by atoms with Crippen LogP contribution in [-0.4, -0.2) is 43.1 Å². The number of fused-ring (bicyclic) bond motifs is 1. The fourth-order valence-corrected chi connectivity index (χ4v) is 7.37. The molecule has 4 atom stereocenters. The average molecular weight is 354 g/mol. The predicted octanol–water partition coefficient (Wildman–Crippen LogP) is 3.73. The summed E-state index contributed by atoms with van der Waals surface area (Å²) >= 11 is 0. The molecular formula is C22H30N2O2. The van der Waals surface area contributed by atoms with E-state index in [4.69, 9.17) is 4.74 Å². The van der Waals surface area contributed by atoms with Crippen molar-refractivity contribution in [1.29, 1.82) is 0 Å². The van der Waals surface area contributed by atoms with Crippen LogP contribution in [0.1, 0.15) is 57.9 Å². The Balaban J connectivity index is 1.77. The van der Waals surface area contributed by atoms with E-state index in [-0.39, 0.29) is 11.3 Å². The summed E-state index contributed by atoms with van der Waals surface area (Å²) in [7, 11) is 1.73. The van der Waals surface area contributed by atoms with Crippen LogP contribution in [0.5, 0.6) is 5.75 Å². The summed E-state index contributed by atoms with van der Waals surface area (Å²) in [5, 5.41) is 0. The predicted molar refractivity (Wildman–Crippen MR) is 103 cm³/mol. The number of nitrogens with zero attached hydrogens (tertiary/aromatic N) is 2. The van der Waals surface area contributed by atoms with Crippen molar-refractivity contribution in [3.63, 3.8) is 0 Å². The number of piperidine rings is 1. The van der Waals surface area contributed by atoms with Gasteiger partial charge in [0, 0.05) is 24.4 Å². The SMILES string of the molecule is CC[C@@]12CCCN3CC[C@]4(c5cccc(OC)c5N(C(C)=O)[C@H]4CC1)[C@H]32. The standard InChI is InChI=1S/C22H30N2O2/c1-4-21-10-6-13-23-14-12-22(20(21)23)16-7-5-8-17(26-3)19(16)24(15(2)25)18(22)9-11-21/h5,7-8,18,20H,4,6,9-14H2,1-3H3/t18-,20+,21+,22+/m0/s1. The Morgan fingerprint density at radius 3 is 2.85 bits per heavy atom. The molecule has 0 radical (unpaired) electrons. The summed E-state index contributed by atoms with van der Waals surface area (Å²) in [5.41, 5.74) is 2.94. The number of rotatable bonds is 2. The van der Waals surface area contributed by atoms with Crippen molar-refractivity contribution in [1.82, 2.24) is 4.90 Å². The van der Waals surface area contributed by atoms with E-state index >= 15 is 0 Å². The molecule has 26 heavy (non-hydrogen) atoms. The summed E-state index contributed by atoms with van der Waals surface area (Å²) in [4.78, 5) is 17.6. The second-order valence-electron chi connectivity index (χ2n) is 8.85. The second kappa shape index (κ2) is 5.48. The normalized spacial score (nSPS) is 37.9. The number of para-hydroxylation sites is 1. The minimum absolute atomic E-state index is 0.0875. The molecular weight excluding hydrogens is 324 g/mol. The van der Waals surface area contributed by atoms with Crippen LogP contribution in [0.4, 0.5) is 5.69 Å². The smallest absolute Gasteiger partial charge is 0.224 e. The molecule has 0 aromatic heterocycles. The van der Waals surface area contributed by atoms with Gasteiger partial charge in [-0.25, -0.2) is 0 Å². The number of ether oxygens (including phenoxy) is 1. The first kappa shape index (κ1) is 16.6. The van der Waals surface area contributed by atoms with Crippen molar-refractivity contribution in [3.05, 3.63) is 23.8 Å². The third-order valence-electron chi connectivity index (χ3n) is 8.19. The molecule has 1 spiro atoms. The zero-order valence-corrected chi connectivity index (χ0v) is 16.3. The number of amides is 1. The summed E-state index contributed by atoms with van der Waals surface area (Å²) in [6.45, 7) is 6.51. The fourth-order valence-electron chi connectivity index (χ4n) is 7.37. The first-order chi connectivity index (χ1) is 12.6. The van der Waals surface area contributed by atoms with Crippen molar-refractivity contribution in [2.75, 3.05) is 25.1 Å². The molecule has 140 valence electrons. The summed E-state index contributed by atoms with van der Waals surface area (Å²) in [5.74, 6) is 1.02. The van der Waals surface area contributed by atoms with Crippen molar-refractivity contribution in [3.8, 4) is 5.75 Å². The van der Waals surface area contributed by atoms with Crippen LogP contribution in [0.2, 0.25) is 0 Å². The Morgan fingerprint density at radius 2 is 2.12 bits per heavy atom. The van der Waals surface area contributed by atoms with E-state index < -0.39 is 0 Å². The first-order valence-electron chi connectivity index (χ1n) is 10.3. The van der Waals surface area contributed by atoms with Gasteiger partial charge in [0.05, 0.1) is 12.8 Å². The Labute approximate surface area is 156 Å². The van der Waals surface area contributed by atoms with Crippen molar-refractivity contribution in [2.45, 2.75) is 69.9 Å². The van der Waals surface area contributed by atoms with E-state index in [0.29, 0.717) is 17.5 Å². The van der Waals surface area contributed by atoms with Gasteiger partial charge in [-0.2, -0.15) is 0 Å². The average Bonchev–Trinajstić information content (AvgIpc) is 3.19. The lowest BCUT2D eigenvalue weighted by molar-refractivity contribution is -0.118. The molecule has 3 heterocycles. The van der Waals surface area contributed by atoms with Gasteiger partial charge in [-0.05, 0) is 68.7 Å². The molecule has 2 saturated heterocycles. The number of anilines is 1. The third kappa shape index (κ3) is 1.77. The lowest BCUT2D eigenvalue weighted by atomic mass is 9.52. The molecule has 1 saturated carbocycles. The van der Waals surface area contributed by atoms with Crippen LogP contribution in [0.25, 0.3) is 0 Å². The first-order valence-corrected chi connectivity index (χ1v) is 10.3. The molecule has 4 aliphatic rings. The van der Waals surface area contributed by atoms with E-state index in [1.54, 1.807) is 14.0 Å². The lowest BCUT2D eigenvalue weighted by Gasteiger charge is -2.58. The molecule has 5 rings (SSSR count). The van der Waals surface area contributed by atoms with Gasteiger partial charge in [0.15, 0.2) is 0 Å². The van der Waals surface area contributed by atoms with Gasteiger partial charge in [-0.15, -0.1) is 0 Å². The number of hydrogen-bond acceptors (Lipinski definition) is 3. The van der Waals surface area contributed by atoms with E-state index in [9.17, 15) is 4.79 Å². The summed E-state index contributed by atoms with van der Waals surface area (Å²) < 4.78 is 5.73. The summed E-state index contributed by atoms with van der Waals surface area (Å²) in [6, 6.07) is 7.30. The van der Waals surface area contributed by atoms with Crippen molar-refractivity contribution >= 4 is 11.6 Å². The van der Waals surface area contributed by atoms with Crippen LogP contribution in [0.15, 0.2) is 18.2 Å². The second-order valence-corrected chi connectivity index (χ2v) is 8.85. The maximum absolute atomic E-state index is 12.8. The van der Waals surface area contributed by atoms with Crippen LogP contribution < -0.4 is 9.64 Å². The Hall–Kier alpha value is -1.55. The number of hydrogen-bond donors (Lipinski definition) is 0. The van der Waals surface area contributed by atoms with Gasteiger partial charge in [0.1, 0.15) is 5.75 Å². The third-order valence-corrected chi connectivity index (χ3v) is 8.19. The molecule has 4 nitrogen and oxygen atoms in total. The van der Waals surface area contributed by atoms with Crippen LogP contribution in [0, 0.1) is 5.41 Å². The van der Waals surface area contributed by atoms with Crippen molar-refractivity contribution in [2.24, 2.45) is 5.41 Å². The Morgan fingerprint density at radius 1 is 1.27 bits per heavy atom. The van der Waals surface area contributed by atoms with Gasteiger partial charge >= 0.3 is 0 Å². The molecule has 0 N–H and O–H groups in total. The van der Waals surface area contributed by atoms with E-state index in [0.717, 1.165) is 17.9 Å². The molecule has 4 heteroatoms. The maximum Gasteiger partial charge on any atom is 0.224 e. The highest BCUT2D eigenvalue weighted by Gasteiger charge is 2.68. The largest absolute Gasteiger partial charge is 0.495 e. The maximum atomic E-state index is 12.8. The van der Waals surface area contributed by atoms with Crippen LogP contribution in [0.3, 0.4) is 0 Å². The number of carbonyl (C=O) groups is 1. The van der Waals surface area contributed by atoms with Gasteiger partial charge in [0.25, 0.3) is 0 Å². The van der Waals surface area contributed by atoms with Gasteiger partial charge < -0.3 is 9.64 Å². The number of carbonyl (C=O) groups excluding carboxylic acids is 1. The molecule has 0 bridgehead atoms. The highest BCUT2D eigenvalue weighted by Crippen LogP contribution is 2.66. The quantitative estimate of drug-likeness (QED) is 0.811. The van der Waals surface area contributed by atoms with Gasteiger partial charge in [-0.3, -0.25) is 9.69 Å². The van der Waals surface area contributed by atoms with E-state index in [1.807, 2.05) is 6.07 Å². The topological polar surface area (TPSA) is 32.8 Å². The Bertz CT molecular complexity index is 763. The molecule has 3 fully saturated rings. The molecule has 3 aliphatic heterocycles. The molecule has 1 aliphatic carbocycles. The molecule has 1 aromatic carbocycles. The Kier molecular flexibility index (Phi) is 3.50. The monoisotopic (exact) mass is 354 g/mol. The number of benzene rings is 1. The zero-order chi connectivity index (χ0) is 18.1. The van der Waals surface area contributed by atoms with Crippen LogP contribution >= 0.6 is 0 Å².